The zero-order chi connectivity index (χ0) is 20.2. The van der Waals surface area contributed by atoms with Gasteiger partial charge in [0.1, 0.15) is 0 Å². The molecule has 0 aliphatic heterocycles. The van der Waals surface area contributed by atoms with Gasteiger partial charge in [-0.15, -0.1) is 0 Å². The Labute approximate surface area is 203 Å². The first-order chi connectivity index (χ1) is 13.2. The van der Waals surface area contributed by atoms with E-state index in [9.17, 15) is 0 Å². The van der Waals surface area contributed by atoms with Gasteiger partial charge in [-0.25, -0.2) is 0 Å². The number of halogens is 2. The number of hydrogen-bond acceptors (Lipinski definition) is 0. The molecule has 0 nitrogen and oxygen atoms in total. The maximum Gasteiger partial charge on any atom is -1.00 e. The second-order valence-corrected chi connectivity index (χ2v) is 22.0. The maximum absolute atomic E-state index is 2.63. The molecular formula is C26H32Cl2SiZr. The molecule has 158 valence electrons. The molecule has 0 bridgehead atoms. The molecular weight excluding hydrogens is 503 g/mol. The minimum Gasteiger partial charge on any atom is -1.00 e. The molecule has 4 rings (SSSR count). The Kier molecular flexibility index (Phi) is 8.18. The van der Waals surface area contributed by atoms with Crippen molar-refractivity contribution in [2.75, 3.05) is 0 Å². The van der Waals surface area contributed by atoms with Gasteiger partial charge in [-0.05, 0) is 0 Å². The van der Waals surface area contributed by atoms with Gasteiger partial charge in [0.2, 0.25) is 0 Å². The number of rotatable bonds is 3. The van der Waals surface area contributed by atoms with E-state index in [1.165, 1.54) is 11.1 Å². The fraction of sp³-hybridized carbons (Fsp3) is 0.346. The summed E-state index contributed by atoms with van der Waals surface area (Å²) in [7, 11) is -1.31. The van der Waals surface area contributed by atoms with E-state index in [1.54, 1.807) is 25.1 Å². The Morgan fingerprint density at radius 3 is 1.70 bits per heavy atom. The van der Waals surface area contributed by atoms with Crippen molar-refractivity contribution in [2.24, 2.45) is 5.92 Å². The summed E-state index contributed by atoms with van der Waals surface area (Å²) in [6.07, 6.45) is 2.63. The van der Waals surface area contributed by atoms with Crippen LogP contribution in [-0.4, -0.2) is 11.3 Å². The van der Waals surface area contributed by atoms with Crippen molar-refractivity contribution in [1.82, 2.24) is 0 Å². The molecule has 0 N–H and O–H groups in total. The van der Waals surface area contributed by atoms with Gasteiger partial charge in [0.25, 0.3) is 0 Å². The SMILES string of the molecule is CC1=[C]([Zr+2](=[C](C)C)[CH]2c3ccccc3-c3ccccc32)C(C)C=C1[Si](C)(C)C.[Cl-].[Cl-]. The van der Waals surface area contributed by atoms with E-state index in [-0.39, 0.29) is 24.8 Å². The second-order valence-electron chi connectivity index (χ2n) is 9.68. The smallest absolute Gasteiger partial charge is 1.00 e. The summed E-state index contributed by atoms with van der Waals surface area (Å²) in [5.41, 5.74) is 7.81. The van der Waals surface area contributed by atoms with E-state index in [2.05, 4.69) is 102 Å². The first kappa shape index (κ1) is 25.7. The van der Waals surface area contributed by atoms with E-state index in [0.717, 1.165) is 0 Å². The molecule has 0 radical (unpaired) electrons. The van der Waals surface area contributed by atoms with Crippen LogP contribution >= 0.6 is 0 Å². The van der Waals surface area contributed by atoms with Crippen LogP contribution in [0.15, 0.2) is 68.7 Å². The van der Waals surface area contributed by atoms with E-state index < -0.39 is 29.3 Å². The van der Waals surface area contributed by atoms with Crippen molar-refractivity contribution in [3.8, 4) is 11.1 Å². The average Bonchev–Trinajstić information content (AvgIpc) is 3.12. The van der Waals surface area contributed by atoms with Crippen LogP contribution in [0.5, 0.6) is 0 Å². The van der Waals surface area contributed by atoms with Crippen LogP contribution in [0.1, 0.15) is 42.4 Å². The Balaban J connectivity index is 0.00000160. The van der Waals surface area contributed by atoms with Gasteiger partial charge in [-0.1, -0.05) is 0 Å². The molecule has 2 aromatic rings. The van der Waals surface area contributed by atoms with E-state index in [0.29, 0.717) is 9.54 Å². The molecule has 0 heterocycles. The third-order valence-corrected chi connectivity index (χ3v) is 17.7. The maximum atomic E-state index is 2.63. The third-order valence-electron chi connectivity index (χ3n) is 6.44. The molecule has 30 heavy (non-hydrogen) atoms. The predicted octanol–water partition coefficient (Wildman–Crippen LogP) is 1.32. The Bertz CT molecular complexity index is 1010. The monoisotopic (exact) mass is 532 g/mol. The van der Waals surface area contributed by atoms with Crippen LogP contribution in [0.2, 0.25) is 19.6 Å². The Hall–Kier alpha value is -0.530. The molecule has 2 aliphatic rings. The topological polar surface area (TPSA) is 0 Å². The first-order valence-corrected chi connectivity index (χ1v) is 17.9. The molecule has 4 heteroatoms. The quantitative estimate of drug-likeness (QED) is 0.522. The van der Waals surface area contributed by atoms with Gasteiger partial charge in [-0.3, -0.25) is 0 Å². The summed E-state index contributed by atoms with van der Waals surface area (Å²) in [4.78, 5) is 0. The zero-order valence-electron chi connectivity index (χ0n) is 19.1. The van der Waals surface area contributed by atoms with Gasteiger partial charge < -0.3 is 24.8 Å². The van der Waals surface area contributed by atoms with E-state index in [4.69, 9.17) is 0 Å². The summed E-state index contributed by atoms with van der Waals surface area (Å²) < 4.78 is 4.21. The Morgan fingerprint density at radius 1 is 0.833 bits per heavy atom. The van der Waals surface area contributed by atoms with Crippen LogP contribution in [0.3, 0.4) is 0 Å². The summed E-state index contributed by atoms with van der Waals surface area (Å²) in [5.74, 6) is 0.617. The van der Waals surface area contributed by atoms with Crippen molar-refractivity contribution < 1.29 is 46.1 Å². The summed E-state index contributed by atoms with van der Waals surface area (Å²) >= 11 is -2.10. The van der Waals surface area contributed by atoms with Crippen molar-refractivity contribution in [2.45, 2.75) is 51.0 Å². The van der Waals surface area contributed by atoms with Gasteiger partial charge >= 0.3 is 180 Å². The Morgan fingerprint density at radius 2 is 1.30 bits per heavy atom. The number of allylic oxidation sites excluding steroid dienone is 4. The zero-order valence-corrected chi connectivity index (χ0v) is 24.1. The summed E-state index contributed by atoms with van der Waals surface area (Å²) in [6.45, 7) is 17.3. The molecule has 1 unspecified atom stereocenters. The van der Waals surface area contributed by atoms with Gasteiger partial charge in [0, 0.05) is 0 Å². The fourth-order valence-corrected chi connectivity index (χ4v) is 16.7. The molecule has 1 atom stereocenters. The molecule has 0 fully saturated rings. The number of fused-ring (bicyclic) bond motifs is 3. The van der Waals surface area contributed by atoms with Crippen LogP contribution in [0.25, 0.3) is 11.1 Å². The van der Waals surface area contributed by atoms with E-state index in [1.807, 2.05) is 3.28 Å². The van der Waals surface area contributed by atoms with Crippen molar-refractivity contribution in [1.29, 1.82) is 0 Å². The predicted molar refractivity (Wildman–Crippen MR) is 123 cm³/mol. The molecule has 2 aliphatic carbocycles. The summed E-state index contributed by atoms with van der Waals surface area (Å²) in [5, 5.41) is 1.72. The molecule has 0 saturated carbocycles. The number of benzene rings is 2. The minimum absolute atomic E-state index is 0. The molecule has 0 aromatic heterocycles. The first-order valence-electron chi connectivity index (χ1n) is 10.5. The van der Waals surface area contributed by atoms with E-state index >= 15 is 0 Å². The number of hydrogen-bond donors (Lipinski definition) is 0. The van der Waals surface area contributed by atoms with Gasteiger partial charge in [0.05, 0.1) is 0 Å². The molecule has 0 amide bonds. The van der Waals surface area contributed by atoms with Crippen LogP contribution in [0, 0.1) is 5.92 Å². The van der Waals surface area contributed by atoms with Crippen molar-refractivity contribution >= 4 is 11.3 Å². The molecule has 0 spiro atoms. The van der Waals surface area contributed by atoms with Gasteiger partial charge in [0.15, 0.2) is 0 Å². The van der Waals surface area contributed by atoms with Crippen LogP contribution in [-0.2, 0) is 21.3 Å². The second kappa shape index (κ2) is 9.53. The standard InChI is InChI=1S/C13H9.C10H17Si.C3H6.2ClH.Zr/c1-3-7-12-10(5-1)9-11-6-2-4-8-13(11)12;1-8-6-9(2)10(7-8)11(3,4)5;1-3-2;;;/h1-9H;7-8H,1-5H3;1-2H3;2*1H;/q;;;;;+2/p-2. The average molecular weight is 535 g/mol. The normalized spacial score (nSPS) is 17.3. The molecule has 0 saturated heterocycles. The van der Waals surface area contributed by atoms with Crippen molar-refractivity contribution in [3.63, 3.8) is 0 Å². The third kappa shape index (κ3) is 4.23. The van der Waals surface area contributed by atoms with Crippen LogP contribution in [0.4, 0.5) is 0 Å². The van der Waals surface area contributed by atoms with Gasteiger partial charge in [-0.2, -0.15) is 0 Å². The minimum atomic E-state index is -2.10. The molecule has 2 aromatic carbocycles. The van der Waals surface area contributed by atoms with Crippen molar-refractivity contribution in [3.05, 3.63) is 79.8 Å². The summed E-state index contributed by atoms with van der Waals surface area (Å²) in [6, 6.07) is 18.4. The largest absolute Gasteiger partial charge is 1.00 e. The van der Waals surface area contributed by atoms with Crippen LogP contribution < -0.4 is 24.8 Å². The fourth-order valence-electron chi connectivity index (χ4n) is 5.38.